The van der Waals surface area contributed by atoms with Crippen molar-refractivity contribution in [3.8, 4) is 11.3 Å². The zero-order valence-electron chi connectivity index (χ0n) is 15.8. The molecule has 1 N–H and O–H groups in total. The number of anilines is 2. The minimum absolute atomic E-state index is 0.00581. The molecule has 3 aromatic rings. The molecule has 0 spiro atoms. The van der Waals surface area contributed by atoms with E-state index in [-0.39, 0.29) is 17.4 Å². The molecule has 0 unspecified atom stereocenters. The Balaban J connectivity index is 1.42. The number of nitrogens with zero attached hydrogens (tertiary/aromatic N) is 2. The Kier molecular flexibility index (Phi) is 5.29. The van der Waals surface area contributed by atoms with Crippen molar-refractivity contribution < 1.29 is 14.1 Å². The van der Waals surface area contributed by atoms with Gasteiger partial charge in [0.2, 0.25) is 0 Å². The second kappa shape index (κ2) is 8.18. The summed E-state index contributed by atoms with van der Waals surface area (Å²) in [6.07, 6.45) is 3.72. The third-order valence-electron chi connectivity index (χ3n) is 5.04. The first-order chi connectivity index (χ1) is 14.1. The summed E-state index contributed by atoms with van der Waals surface area (Å²) >= 11 is 0. The van der Waals surface area contributed by atoms with E-state index < -0.39 is 4.92 Å². The summed E-state index contributed by atoms with van der Waals surface area (Å²) in [5, 5.41) is 13.6. The lowest BCUT2D eigenvalue weighted by Gasteiger charge is -2.28. The van der Waals surface area contributed by atoms with Crippen LogP contribution in [-0.4, -0.2) is 23.9 Å². The van der Waals surface area contributed by atoms with E-state index >= 15 is 0 Å². The number of nitro groups is 1. The Morgan fingerprint density at radius 1 is 0.931 bits per heavy atom. The summed E-state index contributed by atoms with van der Waals surface area (Å²) in [4.78, 5) is 25.1. The van der Waals surface area contributed by atoms with Crippen LogP contribution in [0.4, 0.5) is 17.1 Å². The molecule has 4 rings (SSSR count). The number of hydrogen-bond acceptors (Lipinski definition) is 5. The van der Waals surface area contributed by atoms with Gasteiger partial charge in [-0.05, 0) is 67.8 Å². The van der Waals surface area contributed by atoms with Crippen LogP contribution in [0.3, 0.4) is 0 Å². The van der Waals surface area contributed by atoms with Crippen LogP contribution in [0, 0.1) is 10.1 Å². The topological polar surface area (TPSA) is 88.6 Å². The molecule has 1 aliphatic heterocycles. The molecule has 1 saturated heterocycles. The van der Waals surface area contributed by atoms with Gasteiger partial charge in [0.1, 0.15) is 5.76 Å². The Morgan fingerprint density at radius 2 is 1.62 bits per heavy atom. The van der Waals surface area contributed by atoms with Crippen molar-refractivity contribution in [3.63, 3.8) is 0 Å². The van der Waals surface area contributed by atoms with Gasteiger partial charge < -0.3 is 14.6 Å². The Hall–Kier alpha value is -3.61. The van der Waals surface area contributed by atoms with E-state index in [4.69, 9.17) is 4.42 Å². The van der Waals surface area contributed by atoms with Crippen LogP contribution in [0.5, 0.6) is 0 Å². The second-order valence-corrected chi connectivity index (χ2v) is 7.02. The molecular formula is C22H21N3O4. The lowest BCUT2D eigenvalue weighted by Crippen LogP contribution is -2.29. The number of nitro benzene ring substituents is 1. The highest BCUT2D eigenvalue weighted by Gasteiger charge is 2.15. The highest BCUT2D eigenvalue weighted by Crippen LogP contribution is 2.26. The predicted molar refractivity (Wildman–Crippen MR) is 111 cm³/mol. The van der Waals surface area contributed by atoms with Crippen molar-refractivity contribution in [2.24, 2.45) is 0 Å². The Labute approximate surface area is 168 Å². The minimum Gasteiger partial charge on any atom is -0.451 e. The monoisotopic (exact) mass is 391 g/mol. The lowest BCUT2D eigenvalue weighted by molar-refractivity contribution is -0.384. The zero-order valence-corrected chi connectivity index (χ0v) is 15.8. The highest BCUT2D eigenvalue weighted by molar-refractivity contribution is 6.02. The number of benzene rings is 2. The highest BCUT2D eigenvalue weighted by atomic mass is 16.6. The molecule has 29 heavy (non-hydrogen) atoms. The number of rotatable bonds is 5. The number of furan rings is 1. The van der Waals surface area contributed by atoms with Crippen LogP contribution in [0.15, 0.2) is 65.1 Å². The standard InChI is InChI=1S/C22H21N3O4/c26-22(23-17-6-10-18(11-7-17)24-14-2-1-3-15-24)21-13-12-20(29-21)16-4-8-19(9-5-16)25(27)28/h4-13H,1-3,14-15H2,(H,23,26). The van der Waals surface area contributed by atoms with E-state index in [1.165, 1.54) is 37.1 Å². The zero-order chi connectivity index (χ0) is 20.2. The van der Waals surface area contributed by atoms with Crippen LogP contribution in [0.25, 0.3) is 11.3 Å². The molecule has 7 heteroatoms. The minimum atomic E-state index is -0.457. The first-order valence-electron chi connectivity index (χ1n) is 9.61. The summed E-state index contributed by atoms with van der Waals surface area (Å²) in [6, 6.07) is 17.1. The largest absolute Gasteiger partial charge is 0.451 e. The van der Waals surface area contributed by atoms with Crippen LogP contribution >= 0.6 is 0 Å². The summed E-state index contributed by atoms with van der Waals surface area (Å²) in [7, 11) is 0. The molecular weight excluding hydrogens is 370 g/mol. The van der Waals surface area contributed by atoms with Gasteiger partial charge in [-0.3, -0.25) is 14.9 Å². The van der Waals surface area contributed by atoms with Gasteiger partial charge in [-0.2, -0.15) is 0 Å². The number of carbonyl (C=O) groups is 1. The molecule has 2 heterocycles. The molecule has 2 aromatic carbocycles. The first kappa shape index (κ1) is 18.7. The lowest BCUT2D eigenvalue weighted by atomic mass is 10.1. The van der Waals surface area contributed by atoms with E-state index in [1.807, 2.05) is 24.3 Å². The van der Waals surface area contributed by atoms with Crippen LogP contribution in [0.1, 0.15) is 29.8 Å². The van der Waals surface area contributed by atoms with E-state index in [1.54, 1.807) is 24.3 Å². The van der Waals surface area contributed by atoms with Crippen molar-refractivity contribution in [3.05, 3.63) is 76.5 Å². The van der Waals surface area contributed by atoms with Crippen molar-refractivity contribution in [2.75, 3.05) is 23.3 Å². The molecule has 0 radical (unpaired) electrons. The van der Waals surface area contributed by atoms with Gasteiger partial charge in [0.15, 0.2) is 5.76 Å². The third-order valence-corrected chi connectivity index (χ3v) is 5.04. The maximum Gasteiger partial charge on any atom is 0.291 e. The van der Waals surface area contributed by atoms with Crippen molar-refractivity contribution in [2.45, 2.75) is 19.3 Å². The van der Waals surface area contributed by atoms with Crippen LogP contribution < -0.4 is 10.2 Å². The van der Waals surface area contributed by atoms with Crippen molar-refractivity contribution >= 4 is 23.0 Å². The fourth-order valence-electron chi connectivity index (χ4n) is 3.46. The molecule has 0 saturated carbocycles. The Morgan fingerprint density at radius 3 is 2.28 bits per heavy atom. The fourth-order valence-corrected chi connectivity index (χ4v) is 3.46. The quantitative estimate of drug-likeness (QED) is 0.483. The van der Waals surface area contributed by atoms with Gasteiger partial charge in [-0.1, -0.05) is 0 Å². The van der Waals surface area contributed by atoms with Gasteiger partial charge in [-0.25, -0.2) is 0 Å². The van der Waals surface area contributed by atoms with Gasteiger partial charge in [0.05, 0.1) is 4.92 Å². The van der Waals surface area contributed by atoms with E-state index in [0.29, 0.717) is 17.0 Å². The molecule has 0 bridgehead atoms. The van der Waals surface area contributed by atoms with E-state index in [9.17, 15) is 14.9 Å². The number of hydrogen-bond donors (Lipinski definition) is 1. The number of non-ortho nitro benzene ring substituents is 1. The SMILES string of the molecule is O=C(Nc1ccc(N2CCCCC2)cc1)c1ccc(-c2ccc([N+](=O)[O-])cc2)o1. The average Bonchev–Trinajstić information content (AvgIpc) is 3.25. The molecule has 1 amide bonds. The smallest absolute Gasteiger partial charge is 0.291 e. The van der Waals surface area contributed by atoms with Gasteiger partial charge in [0, 0.05) is 42.2 Å². The summed E-state index contributed by atoms with van der Waals surface area (Å²) < 4.78 is 5.63. The van der Waals surface area contributed by atoms with E-state index in [2.05, 4.69) is 10.2 Å². The normalized spacial score (nSPS) is 13.9. The molecule has 0 atom stereocenters. The molecule has 0 aliphatic carbocycles. The number of nitrogens with one attached hydrogen (secondary N) is 1. The maximum atomic E-state index is 12.5. The summed E-state index contributed by atoms with van der Waals surface area (Å²) in [5.41, 5.74) is 2.54. The number of piperidine rings is 1. The predicted octanol–water partition coefficient (Wildman–Crippen LogP) is 5.10. The molecule has 148 valence electrons. The van der Waals surface area contributed by atoms with Gasteiger partial charge >= 0.3 is 0 Å². The summed E-state index contributed by atoms with van der Waals surface area (Å²) in [6.45, 7) is 2.15. The maximum absolute atomic E-state index is 12.5. The second-order valence-electron chi connectivity index (χ2n) is 7.02. The number of carbonyl (C=O) groups excluding carboxylic acids is 1. The van der Waals surface area contributed by atoms with Crippen molar-refractivity contribution in [1.29, 1.82) is 0 Å². The molecule has 7 nitrogen and oxygen atoms in total. The molecule has 1 fully saturated rings. The Bertz CT molecular complexity index is 1000. The first-order valence-corrected chi connectivity index (χ1v) is 9.61. The van der Waals surface area contributed by atoms with Crippen molar-refractivity contribution in [1.82, 2.24) is 0 Å². The average molecular weight is 391 g/mol. The van der Waals surface area contributed by atoms with E-state index in [0.717, 1.165) is 13.1 Å². The molecule has 1 aromatic heterocycles. The number of amides is 1. The van der Waals surface area contributed by atoms with Gasteiger partial charge in [-0.15, -0.1) is 0 Å². The fraction of sp³-hybridized carbons (Fsp3) is 0.227. The van der Waals surface area contributed by atoms with Crippen LogP contribution in [0.2, 0.25) is 0 Å². The third kappa shape index (κ3) is 4.29. The van der Waals surface area contributed by atoms with Gasteiger partial charge in [0.25, 0.3) is 11.6 Å². The molecule has 1 aliphatic rings. The summed E-state index contributed by atoms with van der Waals surface area (Å²) in [5.74, 6) is 0.313. The van der Waals surface area contributed by atoms with Crippen LogP contribution in [-0.2, 0) is 0 Å².